The minimum atomic E-state index is -1.16. The topological polar surface area (TPSA) is 116 Å². The number of nitrogens with one attached hydrogen (secondary N) is 2. The predicted octanol–water partition coefficient (Wildman–Crippen LogP) is 1.76. The van der Waals surface area contributed by atoms with E-state index < -0.39 is 23.5 Å². The minimum Gasteiger partial charge on any atom is -0.480 e. The van der Waals surface area contributed by atoms with E-state index in [1.165, 1.54) is 6.07 Å². The second-order valence-corrected chi connectivity index (χ2v) is 7.84. The molecular formula is C18H24N2O5. The molecule has 1 atom stereocenters. The Hall–Kier alpha value is -2.44. The third-order valence-corrected chi connectivity index (χ3v) is 4.27. The maximum Gasteiger partial charge on any atom is 0.326 e. The highest BCUT2D eigenvalue weighted by molar-refractivity contribution is 6.02. The number of H-pyrrole nitrogens is 1. The lowest BCUT2D eigenvalue weighted by molar-refractivity contribution is -0.139. The Morgan fingerprint density at radius 1 is 1.28 bits per heavy atom. The second kappa shape index (κ2) is 6.82. The number of rotatable bonds is 5. The third-order valence-electron chi connectivity index (χ3n) is 4.27. The van der Waals surface area contributed by atoms with Crippen molar-refractivity contribution < 1.29 is 19.5 Å². The van der Waals surface area contributed by atoms with Crippen LogP contribution >= 0.6 is 0 Å². The average molecular weight is 348 g/mol. The van der Waals surface area contributed by atoms with Gasteiger partial charge in [0.15, 0.2) is 5.78 Å². The molecule has 1 aromatic rings. The third kappa shape index (κ3) is 4.35. The van der Waals surface area contributed by atoms with Gasteiger partial charge in [-0.1, -0.05) is 27.7 Å². The second-order valence-electron chi connectivity index (χ2n) is 7.84. The molecule has 7 nitrogen and oxygen atoms in total. The largest absolute Gasteiger partial charge is 0.480 e. The number of aromatic nitrogens is 1. The van der Waals surface area contributed by atoms with Gasteiger partial charge in [0.25, 0.3) is 11.5 Å². The summed E-state index contributed by atoms with van der Waals surface area (Å²) in [6, 6.07) is 0.201. The van der Waals surface area contributed by atoms with Crippen molar-refractivity contribution in [3.63, 3.8) is 0 Å². The molecule has 0 fully saturated rings. The zero-order valence-electron chi connectivity index (χ0n) is 14.9. The highest BCUT2D eigenvalue weighted by atomic mass is 16.4. The molecule has 1 amide bonds. The molecule has 3 N–H and O–H groups in total. The number of ketones is 1. The van der Waals surface area contributed by atoms with Crippen molar-refractivity contribution in [2.45, 2.75) is 53.0 Å². The van der Waals surface area contributed by atoms with E-state index in [4.69, 9.17) is 0 Å². The summed E-state index contributed by atoms with van der Waals surface area (Å²) in [5, 5.41) is 11.6. The monoisotopic (exact) mass is 348 g/mol. The zero-order chi connectivity index (χ0) is 18.9. The first-order chi connectivity index (χ1) is 11.5. The van der Waals surface area contributed by atoms with Gasteiger partial charge in [-0.05, 0) is 30.2 Å². The number of hydrogen-bond donors (Lipinski definition) is 3. The highest BCUT2D eigenvalue weighted by Gasteiger charge is 2.33. The molecule has 1 aliphatic carbocycles. The molecule has 1 aromatic heterocycles. The van der Waals surface area contributed by atoms with Crippen LogP contribution in [0.3, 0.4) is 0 Å². The Morgan fingerprint density at radius 2 is 1.92 bits per heavy atom. The normalized spacial score (nSPS) is 17.1. The van der Waals surface area contributed by atoms with E-state index in [2.05, 4.69) is 10.3 Å². The van der Waals surface area contributed by atoms with Gasteiger partial charge in [0.2, 0.25) is 0 Å². The maximum absolute atomic E-state index is 12.4. The zero-order valence-corrected chi connectivity index (χ0v) is 14.9. The smallest absolute Gasteiger partial charge is 0.326 e. The van der Waals surface area contributed by atoms with Crippen molar-refractivity contribution in [3.8, 4) is 0 Å². The highest BCUT2D eigenvalue weighted by Crippen LogP contribution is 2.33. The van der Waals surface area contributed by atoms with Crippen LogP contribution in [-0.4, -0.2) is 33.8 Å². The van der Waals surface area contributed by atoms with E-state index in [1.54, 1.807) is 0 Å². The fourth-order valence-electron chi connectivity index (χ4n) is 3.13. The number of carboxylic acids is 1. The van der Waals surface area contributed by atoms with E-state index in [-0.39, 0.29) is 29.1 Å². The molecule has 0 bridgehead atoms. The van der Waals surface area contributed by atoms with Crippen molar-refractivity contribution >= 4 is 17.7 Å². The van der Waals surface area contributed by atoms with Crippen molar-refractivity contribution in [1.82, 2.24) is 10.3 Å². The standard InChI is InChI=1S/C18H24N2O5/c1-9(2)5-12(17(24)25)19-15(22)11-6-10-13(20-16(11)23)7-18(3,4)8-14(10)21/h6,9,12H,5,7-8H2,1-4H3,(H,19,22)(H,20,23)(H,24,25). The number of carbonyl (C=O) groups excluding carboxylic acids is 2. The molecule has 25 heavy (non-hydrogen) atoms. The molecule has 7 heteroatoms. The quantitative estimate of drug-likeness (QED) is 0.750. The minimum absolute atomic E-state index is 0.0621. The first-order valence-electron chi connectivity index (χ1n) is 8.33. The van der Waals surface area contributed by atoms with Gasteiger partial charge in [-0.3, -0.25) is 14.4 Å². The Labute approximate surface area is 145 Å². The van der Waals surface area contributed by atoms with E-state index in [0.717, 1.165) is 0 Å². The van der Waals surface area contributed by atoms with Crippen LogP contribution in [0.1, 0.15) is 66.9 Å². The molecule has 1 aliphatic rings. The molecule has 0 saturated carbocycles. The Balaban J connectivity index is 2.33. The number of hydrogen-bond acceptors (Lipinski definition) is 4. The summed E-state index contributed by atoms with van der Waals surface area (Å²) in [5.41, 5.74) is -0.237. The summed E-state index contributed by atoms with van der Waals surface area (Å²) in [4.78, 5) is 50.9. The fraction of sp³-hybridized carbons (Fsp3) is 0.556. The lowest BCUT2D eigenvalue weighted by Gasteiger charge is -2.29. The molecule has 0 radical (unpaired) electrons. The number of Topliss-reactive ketones (excluding diaryl/α,β-unsaturated/α-hetero) is 1. The molecule has 0 saturated heterocycles. The van der Waals surface area contributed by atoms with E-state index >= 15 is 0 Å². The van der Waals surface area contributed by atoms with Gasteiger partial charge in [0.1, 0.15) is 11.6 Å². The van der Waals surface area contributed by atoms with Gasteiger partial charge < -0.3 is 15.4 Å². The first-order valence-corrected chi connectivity index (χ1v) is 8.33. The van der Waals surface area contributed by atoms with Crippen LogP contribution in [-0.2, 0) is 11.2 Å². The Bertz CT molecular complexity index is 776. The Kier molecular flexibility index (Phi) is 5.15. The maximum atomic E-state index is 12.4. The predicted molar refractivity (Wildman–Crippen MR) is 91.8 cm³/mol. The van der Waals surface area contributed by atoms with E-state index in [1.807, 2.05) is 27.7 Å². The number of aliphatic carboxylic acids is 1. The van der Waals surface area contributed by atoms with Crippen LogP contribution in [0.4, 0.5) is 0 Å². The lowest BCUT2D eigenvalue weighted by atomic mass is 9.75. The number of carbonyl (C=O) groups is 3. The Morgan fingerprint density at radius 3 is 2.48 bits per heavy atom. The number of fused-ring (bicyclic) bond motifs is 1. The number of amides is 1. The molecular weight excluding hydrogens is 324 g/mol. The average Bonchev–Trinajstić information content (AvgIpc) is 2.43. The number of aromatic amines is 1. The molecule has 0 aliphatic heterocycles. The van der Waals surface area contributed by atoms with Gasteiger partial charge in [0.05, 0.1) is 0 Å². The first kappa shape index (κ1) is 18.9. The lowest BCUT2D eigenvalue weighted by Crippen LogP contribution is -2.43. The number of pyridine rings is 1. The van der Waals surface area contributed by atoms with Gasteiger partial charge in [-0.25, -0.2) is 4.79 Å². The molecule has 1 heterocycles. The summed E-state index contributed by atoms with van der Waals surface area (Å²) >= 11 is 0. The summed E-state index contributed by atoms with van der Waals surface area (Å²) in [6.45, 7) is 7.56. The summed E-state index contributed by atoms with van der Waals surface area (Å²) in [6.07, 6.45) is 1.12. The van der Waals surface area contributed by atoms with E-state index in [9.17, 15) is 24.3 Å². The summed E-state index contributed by atoms with van der Waals surface area (Å²) in [5.74, 6) is -2.01. The van der Waals surface area contributed by atoms with Gasteiger partial charge in [-0.2, -0.15) is 0 Å². The van der Waals surface area contributed by atoms with Crippen molar-refractivity contribution in [2.75, 3.05) is 0 Å². The van der Waals surface area contributed by atoms with Crippen LogP contribution in [0.5, 0.6) is 0 Å². The molecule has 2 rings (SSSR count). The van der Waals surface area contributed by atoms with Crippen LogP contribution in [0.15, 0.2) is 10.9 Å². The van der Waals surface area contributed by atoms with Crippen molar-refractivity contribution in [2.24, 2.45) is 11.3 Å². The number of carboxylic acid groups (broad SMARTS) is 1. The summed E-state index contributed by atoms with van der Waals surface area (Å²) < 4.78 is 0. The van der Waals surface area contributed by atoms with E-state index in [0.29, 0.717) is 24.1 Å². The molecule has 0 aromatic carbocycles. The fourth-order valence-corrected chi connectivity index (χ4v) is 3.13. The molecule has 136 valence electrons. The molecule has 0 spiro atoms. The van der Waals surface area contributed by atoms with Crippen LogP contribution in [0.25, 0.3) is 0 Å². The van der Waals surface area contributed by atoms with Crippen LogP contribution < -0.4 is 10.9 Å². The van der Waals surface area contributed by atoms with Crippen LogP contribution in [0.2, 0.25) is 0 Å². The molecule has 1 unspecified atom stereocenters. The van der Waals surface area contributed by atoms with Gasteiger partial charge >= 0.3 is 5.97 Å². The van der Waals surface area contributed by atoms with Gasteiger partial charge in [0, 0.05) is 17.7 Å². The van der Waals surface area contributed by atoms with Gasteiger partial charge in [-0.15, -0.1) is 0 Å². The SMILES string of the molecule is CC(C)CC(NC(=O)c1cc2c([nH]c1=O)CC(C)(C)CC2=O)C(=O)O. The van der Waals surface area contributed by atoms with Crippen molar-refractivity contribution in [3.05, 3.63) is 33.2 Å². The van der Waals surface area contributed by atoms with Crippen LogP contribution in [0, 0.1) is 11.3 Å². The van der Waals surface area contributed by atoms with Crippen molar-refractivity contribution in [1.29, 1.82) is 0 Å². The summed E-state index contributed by atoms with van der Waals surface area (Å²) in [7, 11) is 0.